The molecular weight excluding hydrogens is 183 g/mol. The molecule has 0 saturated heterocycles. The van der Waals surface area contributed by atoms with E-state index in [9.17, 15) is 0 Å². The predicted molar refractivity (Wildman–Crippen MR) is 51.4 cm³/mol. The number of nitrogens with two attached hydrogens (primary N) is 1. The highest BCUT2D eigenvalue weighted by Crippen LogP contribution is 1.98. The quantitative estimate of drug-likeness (QED) is 0.740. The predicted octanol–water partition coefficient (Wildman–Crippen LogP) is 1.69. The lowest BCUT2D eigenvalue weighted by atomic mass is 10.2. The zero-order chi connectivity index (χ0) is 6.69. The topological polar surface area (TPSA) is 38.9 Å². The number of nitrogens with zero attached hydrogens (tertiary/aromatic N) is 1. The van der Waals surface area contributed by atoms with E-state index < -0.39 is 0 Å². The molecule has 2 N–H and O–H groups in total. The molecule has 0 aromatic carbocycles. The van der Waals surface area contributed by atoms with Gasteiger partial charge in [-0.2, -0.15) is 0 Å². The number of pyridine rings is 1. The molecule has 1 rings (SSSR count). The van der Waals surface area contributed by atoms with E-state index in [1.165, 1.54) is 0 Å². The van der Waals surface area contributed by atoms with Crippen molar-refractivity contribution >= 4 is 24.8 Å². The molecule has 0 radical (unpaired) electrons. The average Bonchev–Trinajstić information content (AvgIpc) is 1.88. The summed E-state index contributed by atoms with van der Waals surface area (Å²) in [6.07, 6.45) is 3.60. The molecule has 0 aliphatic carbocycles. The van der Waals surface area contributed by atoms with E-state index in [0.29, 0.717) is 6.54 Å². The number of aromatic nitrogens is 1. The van der Waals surface area contributed by atoms with E-state index in [1.54, 1.807) is 6.20 Å². The Labute approximate surface area is 79.0 Å². The third kappa shape index (κ3) is 4.19. The van der Waals surface area contributed by atoms with Crippen LogP contribution in [0.3, 0.4) is 0 Å². The third-order valence-corrected chi connectivity index (χ3v) is 1.17. The van der Waals surface area contributed by atoms with Crippen molar-refractivity contribution in [3.8, 4) is 0 Å². The lowest BCUT2D eigenvalue weighted by molar-refractivity contribution is 1.04. The molecule has 4 heteroatoms. The summed E-state index contributed by atoms with van der Waals surface area (Å²) in [5, 5.41) is 0. The normalized spacial score (nSPS) is 7.82. The van der Waals surface area contributed by atoms with Crippen LogP contribution in [0.5, 0.6) is 0 Å². The van der Waals surface area contributed by atoms with Crippen LogP contribution in [0.2, 0.25) is 0 Å². The van der Waals surface area contributed by atoms with Crippen molar-refractivity contribution in [3.05, 3.63) is 29.6 Å². The van der Waals surface area contributed by atoms with Crippen LogP contribution < -0.4 is 5.73 Å². The minimum absolute atomic E-state index is 0. The van der Waals surface area contributed by atoms with Gasteiger partial charge in [0.1, 0.15) is 0 Å². The summed E-state index contributed by atoms with van der Waals surface area (Å²) < 4.78 is 0. The second-order valence-corrected chi connectivity index (χ2v) is 2.07. The van der Waals surface area contributed by atoms with Gasteiger partial charge in [-0.05, 0) is 18.1 Å². The SMILES string of the molecule is Cc1cncc(CN)c1.Cl.Cl. The van der Waals surface area contributed by atoms with Crippen LogP contribution in [0.4, 0.5) is 0 Å². The van der Waals surface area contributed by atoms with Gasteiger partial charge in [-0.3, -0.25) is 4.98 Å². The summed E-state index contributed by atoms with van der Waals surface area (Å²) >= 11 is 0. The molecule has 0 aliphatic rings. The molecular formula is C7H12Cl2N2. The zero-order valence-corrected chi connectivity index (χ0v) is 7.91. The van der Waals surface area contributed by atoms with Crippen molar-refractivity contribution in [1.82, 2.24) is 4.98 Å². The standard InChI is InChI=1S/C7H10N2.2ClH/c1-6-2-7(3-8)5-9-4-6;;/h2,4-5H,3,8H2,1H3;2*1H. The molecule has 0 spiro atoms. The molecule has 0 unspecified atom stereocenters. The van der Waals surface area contributed by atoms with Gasteiger partial charge in [-0.25, -0.2) is 0 Å². The lowest BCUT2D eigenvalue weighted by Crippen LogP contribution is -1.96. The average molecular weight is 195 g/mol. The Bertz CT molecular complexity index is 203. The van der Waals surface area contributed by atoms with Crippen LogP contribution in [0.25, 0.3) is 0 Å². The van der Waals surface area contributed by atoms with E-state index in [-0.39, 0.29) is 24.8 Å². The zero-order valence-electron chi connectivity index (χ0n) is 6.28. The summed E-state index contributed by atoms with van der Waals surface area (Å²) in [6.45, 7) is 2.58. The minimum Gasteiger partial charge on any atom is -0.326 e. The smallest absolute Gasteiger partial charge is 0.0312 e. The van der Waals surface area contributed by atoms with Crippen LogP contribution in [0, 0.1) is 6.92 Å². The highest BCUT2D eigenvalue weighted by atomic mass is 35.5. The molecule has 1 aromatic rings. The Balaban J connectivity index is 0. The summed E-state index contributed by atoms with van der Waals surface area (Å²) in [5.74, 6) is 0. The van der Waals surface area contributed by atoms with Crippen molar-refractivity contribution < 1.29 is 0 Å². The molecule has 2 nitrogen and oxygen atoms in total. The monoisotopic (exact) mass is 194 g/mol. The number of hydrogen-bond acceptors (Lipinski definition) is 2. The fraction of sp³-hybridized carbons (Fsp3) is 0.286. The molecule has 64 valence electrons. The maximum atomic E-state index is 5.38. The molecule has 0 amide bonds. The first-order valence-corrected chi connectivity index (χ1v) is 2.93. The molecule has 0 saturated carbocycles. The van der Waals surface area contributed by atoms with Crippen LogP contribution in [0.1, 0.15) is 11.1 Å². The fourth-order valence-corrected chi connectivity index (χ4v) is 0.729. The number of halogens is 2. The van der Waals surface area contributed by atoms with Gasteiger partial charge in [-0.1, -0.05) is 6.07 Å². The van der Waals surface area contributed by atoms with Gasteiger partial charge in [0.25, 0.3) is 0 Å². The van der Waals surface area contributed by atoms with Crippen molar-refractivity contribution in [2.45, 2.75) is 13.5 Å². The van der Waals surface area contributed by atoms with Crippen LogP contribution in [0.15, 0.2) is 18.5 Å². The molecule has 0 aliphatic heterocycles. The molecule has 11 heavy (non-hydrogen) atoms. The van der Waals surface area contributed by atoms with E-state index in [2.05, 4.69) is 4.98 Å². The number of hydrogen-bond donors (Lipinski definition) is 1. The third-order valence-electron chi connectivity index (χ3n) is 1.17. The van der Waals surface area contributed by atoms with Crippen LogP contribution in [-0.4, -0.2) is 4.98 Å². The first-order chi connectivity index (χ1) is 4.33. The summed E-state index contributed by atoms with van der Waals surface area (Å²) in [4.78, 5) is 3.98. The molecule has 0 fully saturated rings. The maximum absolute atomic E-state index is 5.38. The Morgan fingerprint density at radius 1 is 1.36 bits per heavy atom. The first-order valence-electron chi connectivity index (χ1n) is 2.93. The van der Waals surface area contributed by atoms with Gasteiger partial charge in [-0.15, -0.1) is 24.8 Å². The second-order valence-electron chi connectivity index (χ2n) is 2.07. The number of rotatable bonds is 1. The van der Waals surface area contributed by atoms with Crippen molar-refractivity contribution in [3.63, 3.8) is 0 Å². The Morgan fingerprint density at radius 3 is 2.36 bits per heavy atom. The van der Waals surface area contributed by atoms with Crippen LogP contribution in [-0.2, 0) is 6.54 Å². The van der Waals surface area contributed by atoms with Crippen molar-refractivity contribution in [1.29, 1.82) is 0 Å². The van der Waals surface area contributed by atoms with Gasteiger partial charge in [0.15, 0.2) is 0 Å². The van der Waals surface area contributed by atoms with Gasteiger partial charge < -0.3 is 5.73 Å². The van der Waals surface area contributed by atoms with E-state index in [0.717, 1.165) is 11.1 Å². The van der Waals surface area contributed by atoms with Gasteiger partial charge in [0, 0.05) is 18.9 Å². The van der Waals surface area contributed by atoms with E-state index in [4.69, 9.17) is 5.73 Å². The van der Waals surface area contributed by atoms with Gasteiger partial charge in [0.2, 0.25) is 0 Å². The minimum atomic E-state index is 0. The molecule has 0 atom stereocenters. The van der Waals surface area contributed by atoms with Crippen molar-refractivity contribution in [2.24, 2.45) is 5.73 Å². The molecule has 0 bridgehead atoms. The molecule has 1 aromatic heterocycles. The Kier molecular flexibility index (Phi) is 7.74. The Morgan fingerprint density at radius 2 is 2.00 bits per heavy atom. The van der Waals surface area contributed by atoms with Crippen LogP contribution >= 0.6 is 24.8 Å². The fourth-order valence-electron chi connectivity index (χ4n) is 0.729. The Hall–Kier alpha value is -0.310. The highest BCUT2D eigenvalue weighted by molar-refractivity contribution is 5.85. The largest absolute Gasteiger partial charge is 0.326 e. The summed E-state index contributed by atoms with van der Waals surface area (Å²) in [6, 6.07) is 2.03. The van der Waals surface area contributed by atoms with Gasteiger partial charge in [0.05, 0.1) is 0 Å². The second kappa shape index (κ2) is 6.40. The van der Waals surface area contributed by atoms with E-state index in [1.807, 2.05) is 19.2 Å². The van der Waals surface area contributed by atoms with E-state index >= 15 is 0 Å². The summed E-state index contributed by atoms with van der Waals surface area (Å²) in [5.41, 5.74) is 7.64. The lowest BCUT2D eigenvalue weighted by Gasteiger charge is -1.94. The first kappa shape index (κ1) is 13.3. The highest BCUT2D eigenvalue weighted by Gasteiger charge is 1.87. The summed E-state index contributed by atoms with van der Waals surface area (Å²) in [7, 11) is 0. The maximum Gasteiger partial charge on any atom is 0.0312 e. The molecule has 1 heterocycles. The van der Waals surface area contributed by atoms with Crippen molar-refractivity contribution in [2.75, 3.05) is 0 Å². The van der Waals surface area contributed by atoms with Gasteiger partial charge >= 0.3 is 0 Å². The number of aryl methyl sites for hydroxylation is 1.